The van der Waals surface area contributed by atoms with E-state index in [2.05, 4.69) is 15.3 Å². The second-order valence-electron chi connectivity index (χ2n) is 5.48. The van der Waals surface area contributed by atoms with E-state index in [4.69, 9.17) is 4.74 Å². The van der Waals surface area contributed by atoms with E-state index in [1.165, 1.54) is 12.1 Å². The van der Waals surface area contributed by atoms with Gasteiger partial charge in [-0.2, -0.15) is 0 Å². The number of fused-ring (bicyclic) bond motifs is 1. The molecule has 0 aliphatic carbocycles. The molecule has 1 amide bonds. The molecule has 6 heteroatoms. The number of benzene rings is 2. The molecule has 24 heavy (non-hydrogen) atoms. The molecular formula is C18H18FN3O2. The van der Waals surface area contributed by atoms with Crippen LogP contribution in [0.4, 0.5) is 4.39 Å². The van der Waals surface area contributed by atoms with Crippen molar-refractivity contribution in [2.75, 3.05) is 13.7 Å². The third-order valence-corrected chi connectivity index (χ3v) is 3.64. The lowest BCUT2D eigenvalue weighted by Gasteiger charge is -2.06. The lowest BCUT2D eigenvalue weighted by molar-refractivity contribution is 0.0953. The molecule has 3 aromatic rings. The number of methoxy groups -OCH3 is 1. The van der Waals surface area contributed by atoms with Gasteiger partial charge >= 0.3 is 0 Å². The van der Waals surface area contributed by atoms with Crippen LogP contribution in [-0.4, -0.2) is 29.5 Å². The van der Waals surface area contributed by atoms with Gasteiger partial charge in [-0.1, -0.05) is 12.1 Å². The van der Waals surface area contributed by atoms with Crippen LogP contribution in [0.25, 0.3) is 11.0 Å². The summed E-state index contributed by atoms with van der Waals surface area (Å²) >= 11 is 0. The first kappa shape index (κ1) is 16.1. The Morgan fingerprint density at radius 3 is 3.00 bits per heavy atom. The number of amides is 1. The average molecular weight is 327 g/mol. The van der Waals surface area contributed by atoms with Gasteiger partial charge in [0.2, 0.25) is 0 Å². The molecule has 1 heterocycles. The maximum absolute atomic E-state index is 13.2. The lowest BCUT2D eigenvalue weighted by atomic mass is 10.1. The highest BCUT2D eigenvalue weighted by Crippen LogP contribution is 2.13. The Kier molecular flexibility index (Phi) is 4.86. The van der Waals surface area contributed by atoms with E-state index in [1.54, 1.807) is 19.2 Å². The second kappa shape index (κ2) is 7.23. The van der Waals surface area contributed by atoms with Gasteiger partial charge in [0.25, 0.3) is 5.91 Å². The van der Waals surface area contributed by atoms with Gasteiger partial charge < -0.3 is 15.0 Å². The summed E-state index contributed by atoms with van der Waals surface area (Å²) in [6.07, 6.45) is 0.541. The highest BCUT2D eigenvalue weighted by molar-refractivity contribution is 5.94. The van der Waals surface area contributed by atoms with Gasteiger partial charge in [-0.25, -0.2) is 9.37 Å². The Labute approximate surface area is 138 Å². The fourth-order valence-corrected chi connectivity index (χ4v) is 2.52. The Hall–Kier alpha value is -2.73. The lowest BCUT2D eigenvalue weighted by Crippen LogP contribution is -2.26. The zero-order chi connectivity index (χ0) is 16.9. The van der Waals surface area contributed by atoms with E-state index in [9.17, 15) is 9.18 Å². The van der Waals surface area contributed by atoms with Crippen LogP contribution >= 0.6 is 0 Å². The van der Waals surface area contributed by atoms with E-state index in [0.717, 1.165) is 5.56 Å². The maximum Gasteiger partial charge on any atom is 0.251 e. The van der Waals surface area contributed by atoms with Gasteiger partial charge in [0.1, 0.15) is 11.6 Å². The van der Waals surface area contributed by atoms with E-state index in [0.29, 0.717) is 42.0 Å². The molecule has 0 bridgehead atoms. The Balaban J connectivity index is 1.58. The second-order valence-corrected chi connectivity index (χ2v) is 5.48. The van der Waals surface area contributed by atoms with Crippen LogP contribution in [0, 0.1) is 5.82 Å². The summed E-state index contributed by atoms with van der Waals surface area (Å²) < 4.78 is 18.2. The zero-order valence-electron chi connectivity index (χ0n) is 13.3. The number of imidazole rings is 1. The molecule has 0 aliphatic heterocycles. The van der Waals surface area contributed by atoms with Crippen molar-refractivity contribution >= 4 is 16.9 Å². The van der Waals surface area contributed by atoms with Crippen molar-refractivity contribution in [1.82, 2.24) is 15.3 Å². The molecule has 2 aromatic carbocycles. The third kappa shape index (κ3) is 3.78. The Bertz CT molecular complexity index is 860. The normalized spacial score (nSPS) is 10.9. The van der Waals surface area contributed by atoms with Gasteiger partial charge in [0.15, 0.2) is 0 Å². The largest absolute Gasteiger partial charge is 0.380 e. The van der Waals surface area contributed by atoms with Crippen LogP contribution in [0.1, 0.15) is 21.7 Å². The molecule has 0 saturated carbocycles. The number of H-pyrrole nitrogens is 1. The van der Waals surface area contributed by atoms with Crippen LogP contribution in [0.5, 0.6) is 0 Å². The van der Waals surface area contributed by atoms with Crippen molar-refractivity contribution in [3.63, 3.8) is 0 Å². The molecule has 0 aliphatic rings. The number of hydrogen-bond donors (Lipinski definition) is 2. The number of rotatable bonds is 6. The molecule has 0 unspecified atom stereocenters. The van der Waals surface area contributed by atoms with Gasteiger partial charge in [-0.3, -0.25) is 4.79 Å². The summed E-state index contributed by atoms with van der Waals surface area (Å²) in [5.74, 6) is 0.265. The van der Waals surface area contributed by atoms with E-state index in [1.807, 2.05) is 18.2 Å². The van der Waals surface area contributed by atoms with Crippen LogP contribution in [-0.2, 0) is 17.8 Å². The fraction of sp³-hybridized carbons (Fsp3) is 0.222. The number of aromatic nitrogens is 2. The molecule has 5 nitrogen and oxygen atoms in total. The standard InChI is InChI=1S/C18H18FN3O2/c1-24-11-12-3-2-4-13(9-12)18(23)20-8-7-17-21-15-6-5-14(19)10-16(15)22-17/h2-6,9-10H,7-8,11H2,1H3,(H,20,23)(H,21,22). The minimum Gasteiger partial charge on any atom is -0.380 e. The number of halogens is 1. The smallest absolute Gasteiger partial charge is 0.251 e. The average Bonchev–Trinajstić information content (AvgIpc) is 2.97. The van der Waals surface area contributed by atoms with Crippen molar-refractivity contribution in [1.29, 1.82) is 0 Å². The third-order valence-electron chi connectivity index (χ3n) is 3.64. The first-order valence-corrected chi connectivity index (χ1v) is 7.66. The number of aromatic amines is 1. The van der Waals surface area contributed by atoms with Gasteiger partial charge in [-0.15, -0.1) is 0 Å². The summed E-state index contributed by atoms with van der Waals surface area (Å²) in [4.78, 5) is 19.6. The molecule has 1 aromatic heterocycles. The maximum atomic E-state index is 13.2. The molecule has 0 fully saturated rings. The molecule has 0 saturated heterocycles. The zero-order valence-corrected chi connectivity index (χ0v) is 13.3. The quantitative estimate of drug-likeness (QED) is 0.731. The van der Waals surface area contributed by atoms with Gasteiger partial charge in [0.05, 0.1) is 17.6 Å². The minimum absolute atomic E-state index is 0.143. The summed E-state index contributed by atoms with van der Waals surface area (Å²) in [7, 11) is 1.62. The van der Waals surface area contributed by atoms with E-state index >= 15 is 0 Å². The van der Waals surface area contributed by atoms with Crippen molar-refractivity contribution in [2.45, 2.75) is 13.0 Å². The molecule has 0 radical (unpaired) electrons. The van der Waals surface area contributed by atoms with Crippen molar-refractivity contribution in [2.24, 2.45) is 0 Å². The monoisotopic (exact) mass is 327 g/mol. The predicted octanol–water partition coefficient (Wildman–Crippen LogP) is 2.82. The minimum atomic E-state index is -0.304. The number of hydrogen-bond acceptors (Lipinski definition) is 3. The number of carbonyl (C=O) groups excluding carboxylic acids is 1. The molecule has 0 spiro atoms. The summed E-state index contributed by atoms with van der Waals surface area (Å²) in [6, 6.07) is 11.7. The Morgan fingerprint density at radius 1 is 1.29 bits per heavy atom. The van der Waals surface area contributed by atoms with Crippen LogP contribution in [0.3, 0.4) is 0 Å². The van der Waals surface area contributed by atoms with Crippen molar-refractivity contribution in [3.05, 3.63) is 65.2 Å². The number of nitrogens with zero attached hydrogens (tertiary/aromatic N) is 1. The molecule has 0 atom stereocenters. The van der Waals surface area contributed by atoms with Gasteiger partial charge in [-0.05, 0) is 35.9 Å². The molecule has 124 valence electrons. The van der Waals surface area contributed by atoms with Gasteiger partial charge in [0, 0.05) is 25.6 Å². The topological polar surface area (TPSA) is 67.0 Å². The Morgan fingerprint density at radius 2 is 2.17 bits per heavy atom. The number of nitrogens with one attached hydrogen (secondary N) is 2. The molecule has 3 rings (SSSR count). The summed E-state index contributed by atoms with van der Waals surface area (Å²) in [5, 5.41) is 2.86. The summed E-state index contributed by atoms with van der Waals surface area (Å²) in [5.41, 5.74) is 2.91. The number of carbonyl (C=O) groups is 1. The van der Waals surface area contributed by atoms with Crippen molar-refractivity contribution < 1.29 is 13.9 Å². The highest BCUT2D eigenvalue weighted by atomic mass is 19.1. The van der Waals surface area contributed by atoms with E-state index < -0.39 is 0 Å². The predicted molar refractivity (Wildman–Crippen MR) is 89.2 cm³/mol. The molecule has 2 N–H and O–H groups in total. The summed E-state index contributed by atoms with van der Waals surface area (Å²) in [6.45, 7) is 0.909. The van der Waals surface area contributed by atoms with Crippen LogP contribution < -0.4 is 5.32 Å². The molecular weight excluding hydrogens is 309 g/mol. The van der Waals surface area contributed by atoms with Crippen LogP contribution in [0.2, 0.25) is 0 Å². The fourth-order valence-electron chi connectivity index (χ4n) is 2.52. The van der Waals surface area contributed by atoms with E-state index in [-0.39, 0.29) is 11.7 Å². The van der Waals surface area contributed by atoms with Crippen LogP contribution in [0.15, 0.2) is 42.5 Å². The number of ether oxygens (including phenoxy) is 1. The van der Waals surface area contributed by atoms with Crippen molar-refractivity contribution in [3.8, 4) is 0 Å². The highest BCUT2D eigenvalue weighted by Gasteiger charge is 2.08. The first-order chi connectivity index (χ1) is 11.7. The first-order valence-electron chi connectivity index (χ1n) is 7.66. The SMILES string of the molecule is COCc1cccc(C(=O)NCCc2nc3ccc(F)cc3[nH]2)c1.